The highest BCUT2D eigenvalue weighted by molar-refractivity contribution is 6.01. The third kappa shape index (κ3) is 2.27. The molecule has 0 heterocycles. The molecule has 0 aromatic carbocycles. The van der Waals surface area contributed by atoms with Gasteiger partial charge in [-0.1, -0.05) is 32.4 Å². The SMILES string of the molecule is CCC(=O)C1CCC2[C@@H]3CCC4=CC(=O)C=C[C@]4(C)C3[C@@H](O)C[C@]12C. The fourth-order valence-corrected chi connectivity index (χ4v) is 7.10. The first-order valence-corrected chi connectivity index (χ1v) is 9.96. The van der Waals surface area contributed by atoms with E-state index in [2.05, 4.69) is 19.9 Å². The van der Waals surface area contributed by atoms with Gasteiger partial charge in [-0.2, -0.15) is 0 Å². The second-order valence-electron chi connectivity index (χ2n) is 9.25. The van der Waals surface area contributed by atoms with E-state index in [1.54, 1.807) is 12.2 Å². The average molecular weight is 342 g/mol. The first-order chi connectivity index (χ1) is 11.8. The number of hydrogen-bond acceptors (Lipinski definition) is 3. The molecule has 0 spiro atoms. The average Bonchev–Trinajstić information content (AvgIpc) is 2.91. The van der Waals surface area contributed by atoms with Crippen LogP contribution in [-0.2, 0) is 9.59 Å². The predicted octanol–water partition coefficient (Wildman–Crippen LogP) is 3.86. The molecule has 0 aromatic heterocycles. The van der Waals surface area contributed by atoms with Crippen LogP contribution >= 0.6 is 0 Å². The number of aliphatic hydroxyl groups is 1. The summed E-state index contributed by atoms with van der Waals surface area (Å²) in [6.07, 6.45) is 10.5. The number of carbonyl (C=O) groups is 2. The zero-order valence-electron chi connectivity index (χ0n) is 15.6. The van der Waals surface area contributed by atoms with Gasteiger partial charge in [-0.05, 0) is 61.5 Å². The van der Waals surface area contributed by atoms with E-state index in [0.717, 1.165) is 32.1 Å². The molecule has 3 fully saturated rings. The first kappa shape index (κ1) is 17.2. The van der Waals surface area contributed by atoms with Crippen LogP contribution in [0.2, 0.25) is 0 Å². The third-order valence-corrected chi connectivity index (χ3v) is 8.23. The lowest BCUT2D eigenvalue weighted by Gasteiger charge is -2.58. The van der Waals surface area contributed by atoms with Crippen molar-refractivity contribution in [2.24, 2.45) is 34.5 Å². The van der Waals surface area contributed by atoms with Gasteiger partial charge in [0, 0.05) is 23.7 Å². The van der Waals surface area contributed by atoms with Crippen LogP contribution in [0, 0.1) is 34.5 Å². The Bertz CT molecular complexity index is 675. The molecule has 3 heteroatoms. The first-order valence-electron chi connectivity index (χ1n) is 9.96. The van der Waals surface area contributed by atoms with Crippen LogP contribution in [0.1, 0.15) is 59.3 Å². The van der Waals surface area contributed by atoms with Crippen LogP contribution in [0.15, 0.2) is 23.8 Å². The van der Waals surface area contributed by atoms with Gasteiger partial charge in [0.1, 0.15) is 5.78 Å². The van der Waals surface area contributed by atoms with Crippen molar-refractivity contribution in [3.05, 3.63) is 23.8 Å². The quantitative estimate of drug-likeness (QED) is 0.829. The van der Waals surface area contributed by atoms with Crippen LogP contribution < -0.4 is 0 Å². The number of rotatable bonds is 2. The molecule has 25 heavy (non-hydrogen) atoms. The van der Waals surface area contributed by atoms with Crippen molar-refractivity contribution in [1.29, 1.82) is 0 Å². The Kier molecular flexibility index (Phi) is 3.88. The van der Waals surface area contributed by atoms with Crippen molar-refractivity contribution >= 4 is 11.6 Å². The summed E-state index contributed by atoms with van der Waals surface area (Å²) < 4.78 is 0. The number of carbonyl (C=O) groups excluding carboxylic acids is 2. The number of allylic oxidation sites excluding steroid dienone is 4. The maximum atomic E-state index is 12.5. The topological polar surface area (TPSA) is 54.4 Å². The Labute approximate surface area is 150 Å². The highest BCUT2D eigenvalue weighted by Gasteiger charge is 2.62. The summed E-state index contributed by atoms with van der Waals surface area (Å²) in [7, 11) is 0. The van der Waals surface area contributed by atoms with E-state index in [-0.39, 0.29) is 28.4 Å². The van der Waals surface area contributed by atoms with E-state index in [0.29, 0.717) is 24.0 Å². The van der Waals surface area contributed by atoms with E-state index < -0.39 is 6.10 Å². The Morgan fingerprint density at radius 3 is 2.76 bits per heavy atom. The minimum Gasteiger partial charge on any atom is -0.393 e. The molecular formula is C22H30O3. The smallest absolute Gasteiger partial charge is 0.178 e. The highest BCUT2D eigenvalue weighted by atomic mass is 16.3. The molecule has 0 bridgehead atoms. The van der Waals surface area contributed by atoms with E-state index in [1.807, 2.05) is 6.92 Å². The van der Waals surface area contributed by atoms with Crippen LogP contribution in [0.5, 0.6) is 0 Å². The normalized spacial score (nSPS) is 48.4. The molecule has 7 atom stereocenters. The number of hydrogen-bond donors (Lipinski definition) is 1. The molecule has 0 aromatic rings. The summed E-state index contributed by atoms with van der Waals surface area (Å²) in [6, 6.07) is 0. The highest BCUT2D eigenvalue weighted by Crippen LogP contribution is 2.66. The van der Waals surface area contributed by atoms with E-state index >= 15 is 0 Å². The lowest BCUT2D eigenvalue weighted by atomic mass is 9.46. The minimum atomic E-state index is -0.400. The van der Waals surface area contributed by atoms with Crippen molar-refractivity contribution in [2.75, 3.05) is 0 Å². The molecule has 0 aliphatic heterocycles. The van der Waals surface area contributed by atoms with Crippen LogP contribution in [0.3, 0.4) is 0 Å². The summed E-state index contributed by atoms with van der Waals surface area (Å²) >= 11 is 0. The Hall–Kier alpha value is -1.22. The number of aliphatic hydroxyl groups excluding tert-OH is 1. The Morgan fingerprint density at radius 2 is 2.04 bits per heavy atom. The van der Waals surface area contributed by atoms with Gasteiger partial charge in [-0.3, -0.25) is 9.59 Å². The van der Waals surface area contributed by atoms with Gasteiger partial charge in [-0.15, -0.1) is 0 Å². The molecule has 0 radical (unpaired) electrons. The van der Waals surface area contributed by atoms with Crippen molar-refractivity contribution in [3.63, 3.8) is 0 Å². The molecule has 0 amide bonds. The molecule has 4 aliphatic rings. The molecule has 4 aliphatic carbocycles. The molecular weight excluding hydrogens is 312 g/mol. The number of Topliss-reactive ketones (excluding diaryl/α,β-unsaturated/α-hetero) is 1. The van der Waals surface area contributed by atoms with Crippen molar-refractivity contribution in [1.82, 2.24) is 0 Å². The van der Waals surface area contributed by atoms with Crippen LogP contribution in [0.25, 0.3) is 0 Å². The largest absolute Gasteiger partial charge is 0.393 e. The predicted molar refractivity (Wildman–Crippen MR) is 96.8 cm³/mol. The van der Waals surface area contributed by atoms with Crippen molar-refractivity contribution in [3.8, 4) is 0 Å². The van der Waals surface area contributed by atoms with E-state index in [4.69, 9.17) is 0 Å². The van der Waals surface area contributed by atoms with Crippen molar-refractivity contribution < 1.29 is 14.7 Å². The zero-order chi connectivity index (χ0) is 18.0. The lowest BCUT2D eigenvalue weighted by molar-refractivity contribution is -0.138. The Balaban J connectivity index is 1.71. The summed E-state index contributed by atoms with van der Waals surface area (Å²) in [5.74, 6) is 1.71. The summed E-state index contributed by atoms with van der Waals surface area (Å²) in [5, 5.41) is 11.2. The second-order valence-corrected chi connectivity index (χ2v) is 9.25. The fraction of sp³-hybridized carbons (Fsp3) is 0.727. The van der Waals surface area contributed by atoms with Gasteiger partial charge in [0.15, 0.2) is 5.78 Å². The molecule has 3 saturated carbocycles. The number of fused-ring (bicyclic) bond motifs is 5. The van der Waals surface area contributed by atoms with Gasteiger partial charge in [0.25, 0.3) is 0 Å². The fourth-order valence-electron chi connectivity index (χ4n) is 7.10. The Morgan fingerprint density at radius 1 is 1.28 bits per heavy atom. The standard InChI is InChI=1S/C22H30O3/c1-4-18(24)17-8-7-16-15-6-5-13-11-14(23)9-10-21(13,2)20(15)19(25)12-22(16,17)3/h9-11,15-17,19-20,25H,4-8,12H2,1-3H3/t15-,16?,17?,19-,20?,21-,22-/m0/s1. The van der Waals surface area contributed by atoms with E-state index in [9.17, 15) is 14.7 Å². The zero-order valence-corrected chi connectivity index (χ0v) is 15.6. The van der Waals surface area contributed by atoms with Gasteiger partial charge >= 0.3 is 0 Å². The molecule has 3 unspecified atom stereocenters. The summed E-state index contributed by atoms with van der Waals surface area (Å²) in [4.78, 5) is 24.4. The van der Waals surface area contributed by atoms with E-state index in [1.165, 1.54) is 5.57 Å². The van der Waals surface area contributed by atoms with Crippen molar-refractivity contribution in [2.45, 2.75) is 65.4 Å². The molecule has 136 valence electrons. The van der Waals surface area contributed by atoms with Gasteiger partial charge in [0.05, 0.1) is 6.10 Å². The third-order valence-electron chi connectivity index (χ3n) is 8.23. The minimum absolute atomic E-state index is 0.0561. The maximum Gasteiger partial charge on any atom is 0.178 e. The molecule has 0 saturated heterocycles. The summed E-state index contributed by atoms with van der Waals surface area (Å²) in [5.41, 5.74) is 0.937. The van der Waals surface area contributed by atoms with Gasteiger partial charge in [-0.25, -0.2) is 0 Å². The molecule has 3 nitrogen and oxygen atoms in total. The van der Waals surface area contributed by atoms with Crippen LogP contribution in [-0.4, -0.2) is 22.8 Å². The monoisotopic (exact) mass is 342 g/mol. The van der Waals surface area contributed by atoms with Gasteiger partial charge in [0.2, 0.25) is 0 Å². The summed E-state index contributed by atoms with van der Waals surface area (Å²) in [6.45, 7) is 6.42. The molecule has 1 N–H and O–H groups in total. The van der Waals surface area contributed by atoms with Crippen LogP contribution in [0.4, 0.5) is 0 Å². The second kappa shape index (κ2) is 5.64. The maximum absolute atomic E-state index is 12.5. The van der Waals surface area contributed by atoms with Gasteiger partial charge < -0.3 is 5.11 Å². The molecule has 4 rings (SSSR count). The lowest BCUT2D eigenvalue weighted by Crippen LogP contribution is -2.56. The number of ketones is 2.